The van der Waals surface area contributed by atoms with Gasteiger partial charge in [-0.3, -0.25) is 9.48 Å². The van der Waals surface area contributed by atoms with E-state index in [9.17, 15) is 26.4 Å². The highest BCUT2D eigenvalue weighted by atomic mass is 32.2. The van der Waals surface area contributed by atoms with Gasteiger partial charge in [-0.1, -0.05) is 6.07 Å². The summed E-state index contributed by atoms with van der Waals surface area (Å²) in [7, 11) is -2.73. The van der Waals surface area contributed by atoms with Crippen LogP contribution in [0, 0.1) is 0 Å². The lowest BCUT2D eigenvalue weighted by atomic mass is 10.1. The third-order valence-corrected chi connectivity index (χ3v) is 7.62. The lowest BCUT2D eigenvalue weighted by molar-refractivity contribution is -0.139. The van der Waals surface area contributed by atoms with E-state index in [0.29, 0.717) is 18.5 Å². The van der Waals surface area contributed by atoms with Crippen LogP contribution in [-0.4, -0.2) is 49.1 Å². The summed E-state index contributed by atoms with van der Waals surface area (Å²) in [5, 5.41) is 5.69. The number of hydrogen-bond donors (Lipinski definition) is 1. The normalized spacial score (nSPS) is 19.5. The number of methoxy groups -OCH3 is 1. The number of alkyl halides is 3. The molecule has 1 aliphatic carbocycles. The summed E-state index contributed by atoms with van der Waals surface area (Å²) in [5.41, 5.74) is -0.698. The van der Waals surface area contributed by atoms with Crippen LogP contribution in [0.1, 0.15) is 31.7 Å². The highest BCUT2D eigenvalue weighted by Crippen LogP contribution is 2.40. The van der Waals surface area contributed by atoms with E-state index in [1.54, 1.807) is 6.92 Å². The Morgan fingerprint density at radius 2 is 2.03 bits per heavy atom. The summed E-state index contributed by atoms with van der Waals surface area (Å²) < 4.78 is 73.8. The van der Waals surface area contributed by atoms with E-state index in [1.165, 1.54) is 30.3 Å². The monoisotopic (exact) mass is 459 g/mol. The minimum absolute atomic E-state index is 0.0746. The van der Waals surface area contributed by atoms with E-state index >= 15 is 0 Å². The van der Waals surface area contributed by atoms with Gasteiger partial charge in [0.2, 0.25) is 5.91 Å². The van der Waals surface area contributed by atoms with Crippen molar-refractivity contribution in [2.45, 2.75) is 55.2 Å². The smallest absolute Gasteiger partial charge is 0.381 e. The van der Waals surface area contributed by atoms with Crippen LogP contribution in [0.5, 0.6) is 0 Å². The highest BCUT2D eigenvalue weighted by Gasteiger charge is 2.42. The number of aromatic nitrogens is 2. The average molecular weight is 459 g/mol. The second-order valence-electron chi connectivity index (χ2n) is 7.43. The van der Waals surface area contributed by atoms with Crippen LogP contribution in [0.25, 0.3) is 11.1 Å². The average Bonchev–Trinajstić information content (AvgIpc) is 3.37. The van der Waals surface area contributed by atoms with Crippen LogP contribution >= 0.6 is 0 Å². The number of sulfone groups is 1. The van der Waals surface area contributed by atoms with Gasteiger partial charge in [-0.05, 0) is 43.9 Å². The molecule has 1 heterocycles. The van der Waals surface area contributed by atoms with E-state index in [2.05, 4.69) is 10.4 Å². The van der Waals surface area contributed by atoms with E-state index in [1.807, 2.05) is 0 Å². The van der Waals surface area contributed by atoms with Crippen molar-refractivity contribution in [3.05, 3.63) is 36.2 Å². The van der Waals surface area contributed by atoms with Crippen molar-refractivity contribution < 1.29 is 31.1 Å². The maximum Gasteiger partial charge on any atom is 0.417 e. The fraction of sp³-hybridized carbons (Fsp3) is 0.500. The van der Waals surface area contributed by atoms with Gasteiger partial charge in [-0.2, -0.15) is 18.3 Å². The molecule has 1 N–H and O–H groups in total. The second-order valence-corrected chi connectivity index (χ2v) is 9.62. The summed E-state index contributed by atoms with van der Waals surface area (Å²) in [5.74, 6) is -0.277. The lowest BCUT2D eigenvalue weighted by Crippen LogP contribution is -2.27. The molecule has 1 aliphatic rings. The molecule has 0 saturated heterocycles. The SMILES string of the molecule is CCNC(=O)Cn1cc(-c2ccc(S(=O)(=O)[C@@H]3CC[C@@H](OC)C3)c(C(F)(F)F)c2)cn1. The van der Waals surface area contributed by atoms with Crippen molar-refractivity contribution in [2.75, 3.05) is 13.7 Å². The molecule has 2 atom stereocenters. The molecule has 1 amide bonds. The number of amides is 1. The third kappa shape index (κ3) is 5.09. The number of rotatable bonds is 7. The molecule has 170 valence electrons. The van der Waals surface area contributed by atoms with E-state index < -0.39 is 31.7 Å². The summed E-state index contributed by atoms with van der Waals surface area (Å²) in [6, 6.07) is 3.16. The molecular weight excluding hydrogens is 435 g/mol. The van der Waals surface area contributed by atoms with Gasteiger partial charge >= 0.3 is 6.18 Å². The Hall–Kier alpha value is -2.40. The molecule has 7 nitrogen and oxygen atoms in total. The number of halogens is 3. The number of ether oxygens (including phenoxy) is 1. The van der Waals surface area contributed by atoms with Gasteiger partial charge in [0.15, 0.2) is 9.84 Å². The van der Waals surface area contributed by atoms with Gasteiger partial charge in [-0.15, -0.1) is 0 Å². The maximum absolute atomic E-state index is 13.8. The fourth-order valence-electron chi connectivity index (χ4n) is 3.75. The Labute approximate surface area is 178 Å². The quantitative estimate of drug-likeness (QED) is 0.687. The molecule has 0 radical (unpaired) electrons. The molecule has 0 unspecified atom stereocenters. The van der Waals surface area contributed by atoms with Gasteiger partial charge in [0.1, 0.15) is 6.54 Å². The first kappa shape index (κ1) is 23.3. The van der Waals surface area contributed by atoms with Crippen molar-refractivity contribution >= 4 is 15.7 Å². The summed E-state index contributed by atoms with van der Waals surface area (Å²) in [6.07, 6.45) is -1.43. The number of nitrogens with one attached hydrogen (secondary N) is 1. The van der Waals surface area contributed by atoms with Crippen LogP contribution < -0.4 is 5.32 Å². The van der Waals surface area contributed by atoms with Crippen molar-refractivity contribution in [1.82, 2.24) is 15.1 Å². The highest BCUT2D eigenvalue weighted by molar-refractivity contribution is 7.92. The Kier molecular flexibility index (Phi) is 6.75. The molecule has 2 aromatic rings. The minimum atomic E-state index is -4.85. The molecule has 1 fully saturated rings. The molecule has 1 aromatic heterocycles. The Balaban J connectivity index is 1.95. The Bertz CT molecular complexity index is 1050. The molecule has 3 rings (SSSR count). The van der Waals surface area contributed by atoms with Gasteiger partial charge in [0.25, 0.3) is 0 Å². The lowest BCUT2D eigenvalue weighted by Gasteiger charge is -2.18. The number of nitrogens with zero attached hydrogens (tertiary/aromatic N) is 2. The molecule has 1 aromatic carbocycles. The van der Waals surface area contributed by atoms with Crippen LogP contribution in [0.15, 0.2) is 35.5 Å². The molecule has 1 saturated carbocycles. The van der Waals surface area contributed by atoms with Crippen molar-refractivity contribution in [3.63, 3.8) is 0 Å². The van der Waals surface area contributed by atoms with Gasteiger partial charge in [0.05, 0.1) is 28.0 Å². The molecule has 31 heavy (non-hydrogen) atoms. The zero-order chi connectivity index (χ0) is 22.8. The summed E-state index contributed by atoms with van der Waals surface area (Å²) in [4.78, 5) is 11.0. The maximum atomic E-state index is 13.8. The standard InChI is InChI=1S/C20H24F3N3O4S/c1-3-24-19(27)12-26-11-14(10-25-26)13-4-7-18(17(8-13)20(21,22)23)31(28,29)16-6-5-15(9-16)30-2/h4,7-8,10-11,15-16H,3,5-6,9,12H2,1-2H3,(H,24,27)/t15-,16-/m1/s1. The van der Waals surface area contributed by atoms with E-state index in [-0.39, 0.29) is 37.0 Å². The van der Waals surface area contributed by atoms with E-state index in [0.717, 1.165) is 12.1 Å². The van der Waals surface area contributed by atoms with Crippen molar-refractivity contribution in [1.29, 1.82) is 0 Å². The summed E-state index contributed by atoms with van der Waals surface area (Å²) >= 11 is 0. The van der Waals surface area contributed by atoms with Gasteiger partial charge < -0.3 is 10.1 Å². The number of hydrogen-bond acceptors (Lipinski definition) is 5. The first-order chi connectivity index (χ1) is 14.6. The first-order valence-electron chi connectivity index (χ1n) is 9.83. The number of carbonyl (C=O) groups excluding carboxylic acids is 1. The topological polar surface area (TPSA) is 90.3 Å². The van der Waals surface area contributed by atoms with Crippen molar-refractivity contribution in [3.8, 4) is 11.1 Å². The predicted molar refractivity (Wildman–Crippen MR) is 107 cm³/mol. The Morgan fingerprint density at radius 3 is 2.65 bits per heavy atom. The molecule has 11 heteroatoms. The largest absolute Gasteiger partial charge is 0.417 e. The second kappa shape index (κ2) is 8.99. The zero-order valence-corrected chi connectivity index (χ0v) is 18.0. The van der Waals surface area contributed by atoms with Crippen molar-refractivity contribution in [2.24, 2.45) is 0 Å². The fourth-order valence-corrected chi connectivity index (χ4v) is 5.77. The van der Waals surface area contributed by atoms with Crippen LogP contribution in [0.3, 0.4) is 0 Å². The van der Waals surface area contributed by atoms with Crippen LogP contribution in [0.4, 0.5) is 13.2 Å². The van der Waals surface area contributed by atoms with Crippen LogP contribution in [-0.2, 0) is 32.1 Å². The van der Waals surface area contributed by atoms with Gasteiger partial charge in [0, 0.05) is 25.4 Å². The molecule has 0 bridgehead atoms. The molecule has 0 aliphatic heterocycles. The van der Waals surface area contributed by atoms with Crippen LogP contribution in [0.2, 0.25) is 0 Å². The number of benzene rings is 1. The van der Waals surface area contributed by atoms with Gasteiger partial charge in [-0.25, -0.2) is 8.42 Å². The minimum Gasteiger partial charge on any atom is -0.381 e. The zero-order valence-electron chi connectivity index (χ0n) is 17.1. The number of likely N-dealkylation sites (N-methyl/N-ethyl adjacent to an activating group) is 1. The van der Waals surface area contributed by atoms with E-state index in [4.69, 9.17) is 4.74 Å². The molecular formula is C20H24F3N3O4S. The number of carbonyl (C=O) groups is 1. The Morgan fingerprint density at radius 1 is 1.29 bits per heavy atom. The molecule has 0 spiro atoms. The predicted octanol–water partition coefficient (Wildman–Crippen LogP) is 3.05. The third-order valence-electron chi connectivity index (χ3n) is 5.35. The first-order valence-corrected chi connectivity index (χ1v) is 11.4. The summed E-state index contributed by atoms with van der Waals surface area (Å²) in [6.45, 7) is 2.14.